The molecule has 29 heavy (non-hydrogen) atoms. The molecule has 0 aromatic heterocycles. The molecule has 1 aromatic carbocycles. The topological polar surface area (TPSA) is 0 Å². The normalized spacial score (nSPS) is 30.4. The Morgan fingerprint density at radius 2 is 1.38 bits per heavy atom. The van der Waals surface area contributed by atoms with Gasteiger partial charge in [0.25, 0.3) is 0 Å². The van der Waals surface area contributed by atoms with Gasteiger partial charge in [0.05, 0.1) is 0 Å². The van der Waals surface area contributed by atoms with Crippen LogP contribution in [0.1, 0.15) is 128 Å². The highest BCUT2D eigenvalue weighted by atomic mass is 14.4. The van der Waals surface area contributed by atoms with Crippen LogP contribution in [0.25, 0.3) is 0 Å². The smallest absolute Gasteiger partial charge is 0.0136 e. The Bertz CT molecular complexity index is 548. The first-order chi connectivity index (χ1) is 14.2. The first-order valence-corrected chi connectivity index (χ1v) is 13.3. The van der Waals surface area contributed by atoms with Gasteiger partial charge in [0.15, 0.2) is 0 Å². The summed E-state index contributed by atoms with van der Waals surface area (Å²) < 4.78 is 0. The van der Waals surface area contributed by atoms with Crippen molar-refractivity contribution in [2.45, 2.75) is 123 Å². The van der Waals surface area contributed by atoms with Gasteiger partial charge in [0, 0.05) is 0 Å². The van der Waals surface area contributed by atoms with E-state index in [0.717, 1.165) is 29.6 Å². The van der Waals surface area contributed by atoms with Crippen LogP contribution in [0, 0.1) is 23.7 Å². The van der Waals surface area contributed by atoms with Crippen molar-refractivity contribution in [3.63, 3.8) is 0 Å². The van der Waals surface area contributed by atoms with E-state index < -0.39 is 0 Å². The van der Waals surface area contributed by atoms with Crippen LogP contribution in [0.3, 0.4) is 0 Å². The van der Waals surface area contributed by atoms with E-state index in [1.165, 1.54) is 96.3 Å². The van der Waals surface area contributed by atoms with E-state index in [0.29, 0.717) is 0 Å². The second kappa shape index (κ2) is 12.2. The maximum absolute atomic E-state index is 2.54. The van der Waals surface area contributed by atoms with Crippen LogP contribution in [-0.4, -0.2) is 0 Å². The van der Waals surface area contributed by atoms with Gasteiger partial charge in [0.1, 0.15) is 0 Å². The third kappa shape index (κ3) is 6.86. The van der Waals surface area contributed by atoms with Gasteiger partial charge in [-0.1, -0.05) is 96.4 Å². The third-order valence-electron chi connectivity index (χ3n) is 8.46. The first-order valence-electron chi connectivity index (χ1n) is 13.3. The van der Waals surface area contributed by atoms with Gasteiger partial charge >= 0.3 is 0 Å². The Hall–Kier alpha value is -0.780. The van der Waals surface area contributed by atoms with Gasteiger partial charge in [-0.25, -0.2) is 0 Å². The lowest BCUT2D eigenvalue weighted by atomic mass is 9.64. The minimum absolute atomic E-state index is 0.807. The van der Waals surface area contributed by atoms with Crippen LogP contribution in [-0.2, 0) is 6.42 Å². The average Bonchev–Trinajstić information content (AvgIpc) is 2.75. The average molecular weight is 397 g/mol. The van der Waals surface area contributed by atoms with Crippen LogP contribution >= 0.6 is 0 Å². The Balaban J connectivity index is 1.43. The summed E-state index contributed by atoms with van der Waals surface area (Å²) >= 11 is 0. The Morgan fingerprint density at radius 3 is 2.03 bits per heavy atom. The molecule has 2 aliphatic rings. The molecule has 2 aliphatic carbocycles. The molecule has 3 rings (SSSR count). The Labute approximate surface area is 182 Å². The summed E-state index contributed by atoms with van der Waals surface area (Å²) in [5, 5.41) is 0. The number of rotatable bonds is 10. The molecule has 0 aliphatic heterocycles. The van der Waals surface area contributed by atoms with E-state index in [1.54, 1.807) is 11.1 Å². The molecule has 0 bridgehead atoms. The van der Waals surface area contributed by atoms with Gasteiger partial charge in [-0.3, -0.25) is 0 Å². The van der Waals surface area contributed by atoms with Gasteiger partial charge in [-0.2, -0.15) is 0 Å². The molecule has 0 radical (unpaired) electrons. The van der Waals surface area contributed by atoms with Crippen molar-refractivity contribution >= 4 is 0 Å². The van der Waals surface area contributed by atoms with Crippen molar-refractivity contribution in [2.75, 3.05) is 0 Å². The highest BCUT2D eigenvalue weighted by Gasteiger charge is 2.34. The minimum Gasteiger partial charge on any atom is -0.0654 e. The summed E-state index contributed by atoms with van der Waals surface area (Å²) in [5.74, 6) is 4.79. The highest BCUT2D eigenvalue weighted by molar-refractivity contribution is 5.26. The molecule has 3 unspecified atom stereocenters. The van der Waals surface area contributed by atoms with Crippen LogP contribution in [0.4, 0.5) is 0 Å². The molecule has 0 nitrogen and oxygen atoms in total. The van der Waals surface area contributed by atoms with Crippen LogP contribution in [0.15, 0.2) is 24.3 Å². The summed E-state index contributed by atoms with van der Waals surface area (Å²) in [4.78, 5) is 0. The van der Waals surface area contributed by atoms with E-state index in [4.69, 9.17) is 0 Å². The van der Waals surface area contributed by atoms with Crippen LogP contribution < -0.4 is 0 Å². The first kappa shape index (κ1) is 22.9. The van der Waals surface area contributed by atoms with Crippen molar-refractivity contribution in [3.8, 4) is 0 Å². The van der Waals surface area contributed by atoms with Gasteiger partial charge in [-0.05, 0) is 85.7 Å². The fourth-order valence-corrected chi connectivity index (χ4v) is 6.50. The second-order valence-electron chi connectivity index (χ2n) is 10.6. The summed E-state index contributed by atoms with van der Waals surface area (Å²) in [6.45, 7) is 7.17. The minimum atomic E-state index is 0.807. The summed E-state index contributed by atoms with van der Waals surface area (Å²) in [6.07, 6.45) is 21.6. The molecule has 0 heterocycles. The zero-order valence-corrected chi connectivity index (χ0v) is 19.8. The van der Waals surface area contributed by atoms with Gasteiger partial charge in [0.2, 0.25) is 0 Å². The summed E-state index contributed by atoms with van der Waals surface area (Å²) in [6, 6.07) is 9.77. The van der Waals surface area contributed by atoms with E-state index in [9.17, 15) is 0 Å². The van der Waals surface area contributed by atoms with Crippen molar-refractivity contribution in [3.05, 3.63) is 35.4 Å². The molecular weight excluding hydrogens is 348 g/mol. The van der Waals surface area contributed by atoms with Crippen molar-refractivity contribution in [2.24, 2.45) is 23.7 Å². The van der Waals surface area contributed by atoms with Crippen LogP contribution in [0.2, 0.25) is 0 Å². The quantitative estimate of drug-likeness (QED) is 0.345. The van der Waals surface area contributed by atoms with E-state index in [1.807, 2.05) is 0 Å². The van der Waals surface area contributed by atoms with Crippen molar-refractivity contribution in [1.82, 2.24) is 0 Å². The molecular formula is C29H48. The molecule has 164 valence electrons. The molecule has 2 fully saturated rings. The Kier molecular flexibility index (Phi) is 9.60. The molecule has 0 spiro atoms. The predicted octanol–water partition coefficient (Wildman–Crippen LogP) is 9.33. The van der Waals surface area contributed by atoms with E-state index >= 15 is 0 Å². The molecule has 1 aromatic rings. The molecule has 3 atom stereocenters. The second-order valence-corrected chi connectivity index (χ2v) is 10.6. The third-order valence-corrected chi connectivity index (χ3v) is 8.46. The number of aryl methyl sites for hydroxylation is 1. The van der Waals surface area contributed by atoms with E-state index in [2.05, 4.69) is 45.0 Å². The number of hydrogen-bond acceptors (Lipinski definition) is 0. The number of unbranched alkanes of at least 4 members (excludes halogenated alkanes) is 4. The maximum Gasteiger partial charge on any atom is -0.0136 e. The molecule has 0 amide bonds. The molecule has 0 heteroatoms. The molecule has 0 N–H and O–H groups in total. The van der Waals surface area contributed by atoms with Crippen molar-refractivity contribution in [1.29, 1.82) is 0 Å². The van der Waals surface area contributed by atoms with Crippen LogP contribution in [0.5, 0.6) is 0 Å². The maximum atomic E-state index is 2.54. The lowest BCUT2D eigenvalue weighted by Crippen LogP contribution is -2.29. The molecule has 2 saturated carbocycles. The number of benzene rings is 1. The lowest BCUT2D eigenvalue weighted by Gasteiger charge is -2.41. The van der Waals surface area contributed by atoms with Gasteiger partial charge in [-0.15, -0.1) is 0 Å². The zero-order valence-electron chi connectivity index (χ0n) is 19.8. The summed E-state index contributed by atoms with van der Waals surface area (Å²) in [7, 11) is 0. The fourth-order valence-electron chi connectivity index (χ4n) is 6.50. The highest BCUT2D eigenvalue weighted by Crippen LogP contribution is 2.47. The van der Waals surface area contributed by atoms with E-state index in [-0.39, 0.29) is 0 Å². The van der Waals surface area contributed by atoms with Gasteiger partial charge < -0.3 is 0 Å². The Morgan fingerprint density at radius 1 is 0.724 bits per heavy atom. The largest absolute Gasteiger partial charge is 0.0654 e. The fraction of sp³-hybridized carbons (Fsp3) is 0.793. The number of hydrogen-bond donors (Lipinski definition) is 0. The monoisotopic (exact) mass is 396 g/mol. The standard InChI is InChI=1S/C29H48/c1-4-6-8-10-24-12-16-26(17-13-24)28-20-21-29(23(3)22-28)27-18-14-25(15-19-27)11-9-7-5-2/h14-15,18-19,23-24,26,28-29H,4-13,16-17,20-22H2,1-3H3. The zero-order chi connectivity index (χ0) is 20.5. The lowest BCUT2D eigenvalue weighted by molar-refractivity contribution is 0.130. The van der Waals surface area contributed by atoms with Crippen molar-refractivity contribution < 1.29 is 0 Å². The predicted molar refractivity (Wildman–Crippen MR) is 129 cm³/mol. The SMILES string of the molecule is CCCCCc1ccc(C2CCC(C3CCC(CCCCC)CC3)CC2C)cc1. The summed E-state index contributed by atoms with van der Waals surface area (Å²) in [5.41, 5.74) is 3.16. The molecule has 0 saturated heterocycles.